The first-order valence-corrected chi connectivity index (χ1v) is 5.66. The van der Waals surface area contributed by atoms with E-state index < -0.39 is 29.1 Å². The van der Waals surface area contributed by atoms with Gasteiger partial charge in [-0.15, -0.1) is 0 Å². The molecule has 0 aliphatic heterocycles. The molecular formula is C12H17NO6. The molecule has 0 radical (unpaired) electrons. The molecule has 0 aromatic rings. The first-order valence-electron chi connectivity index (χ1n) is 5.66. The topological polar surface area (TPSA) is 90.0 Å². The van der Waals surface area contributed by atoms with E-state index >= 15 is 0 Å². The SMILES string of the molecule is CCOC(=O)C(=O)C(=CN(C)C)C(=O)C(=O)OCC. The van der Waals surface area contributed by atoms with Crippen LogP contribution >= 0.6 is 0 Å². The van der Waals surface area contributed by atoms with Crippen LogP contribution in [-0.2, 0) is 28.7 Å². The van der Waals surface area contributed by atoms with Crippen LogP contribution < -0.4 is 0 Å². The third kappa shape index (κ3) is 5.33. The van der Waals surface area contributed by atoms with Crippen molar-refractivity contribution in [3.05, 3.63) is 11.8 Å². The highest BCUT2D eigenvalue weighted by atomic mass is 16.5. The number of hydrogen-bond donors (Lipinski definition) is 0. The highest BCUT2D eigenvalue weighted by Gasteiger charge is 2.31. The quantitative estimate of drug-likeness (QED) is 0.206. The van der Waals surface area contributed by atoms with Gasteiger partial charge in [0.05, 0.1) is 13.2 Å². The maximum atomic E-state index is 11.7. The summed E-state index contributed by atoms with van der Waals surface area (Å²) in [6.45, 7) is 3.03. The van der Waals surface area contributed by atoms with Gasteiger partial charge in [-0.2, -0.15) is 0 Å². The van der Waals surface area contributed by atoms with Crippen LogP contribution in [0, 0.1) is 0 Å². The zero-order chi connectivity index (χ0) is 15.0. The van der Waals surface area contributed by atoms with Crippen molar-refractivity contribution in [2.24, 2.45) is 0 Å². The first kappa shape index (κ1) is 16.8. The molecule has 0 heterocycles. The minimum Gasteiger partial charge on any atom is -0.460 e. The van der Waals surface area contributed by atoms with Crippen LogP contribution in [0.5, 0.6) is 0 Å². The molecule has 0 aliphatic carbocycles. The summed E-state index contributed by atoms with van der Waals surface area (Å²) in [6.07, 6.45) is 1.08. The largest absolute Gasteiger partial charge is 0.460 e. The predicted molar refractivity (Wildman–Crippen MR) is 65.1 cm³/mol. The fourth-order valence-corrected chi connectivity index (χ4v) is 1.09. The maximum Gasteiger partial charge on any atom is 0.379 e. The predicted octanol–water partition coefficient (Wildman–Crippen LogP) is -0.304. The molecule has 0 fully saturated rings. The summed E-state index contributed by atoms with van der Waals surface area (Å²) in [6, 6.07) is 0. The Kier molecular flexibility index (Phi) is 7.10. The van der Waals surface area contributed by atoms with Crippen LogP contribution in [-0.4, -0.2) is 55.7 Å². The van der Waals surface area contributed by atoms with Crippen molar-refractivity contribution >= 4 is 23.5 Å². The van der Waals surface area contributed by atoms with Gasteiger partial charge in [0.1, 0.15) is 5.57 Å². The third-order valence-electron chi connectivity index (χ3n) is 1.80. The summed E-state index contributed by atoms with van der Waals surface area (Å²) in [5.74, 6) is -4.72. The maximum absolute atomic E-state index is 11.7. The molecule has 0 spiro atoms. The van der Waals surface area contributed by atoms with E-state index in [4.69, 9.17) is 0 Å². The van der Waals surface area contributed by atoms with Gasteiger partial charge >= 0.3 is 11.9 Å². The lowest BCUT2D eigenvalue weighted by molar-refractivity contribution is -0.155. The second-order valence-electron chi connectivity index (χ2n) is 3.61. The summed E-state index contributed by atoms with van der Waals surface area (Å²) in [4.78, 5) is 47.4. The minimum atomic E-state index is -1.19. The average Bonchev–Trinajstić information content (AvgIpc) is 2.34. The molecular weight excluding hydrogens is 254 g/mol. The van der Waals surface area contributed by atoms with Crippen molar-refractivity contribution in [2.75, 3.05) is 27.3 Å². The Morgan fingerprint density at radius 2 is 1.26 bits per heavy atom. The van der Waals surface area contributed by atoms with Crippen molar-refractivity contribution in [2.45, 2.75) is 13.8 Å². The highest BCUT2D eigenvalue weighted by Crippen LogP contribution is 2.04. The average molecular weight is 271 g/mol. The number of esters is 2. The molecule has 19 heavy (non-hydrogen) atoms. The van der Waals surface area contributed by atoms with E-state index in [9.17, 15) is 19.2 Å². The lowest BCUT2D eigenvalue weighted by Crippen LogP contribution is -2.30. The molecule has 106 valence electrons. The van der Waals surface area contributed by atoms with Crippen molar-refractivity contribution in [3.8, 4) is 0 Å². The van der Waals surface area contributed by atoms with Gasteiger partial charge in [-0.05, 0) is 13.8 Å². The molecule has 0 amide bonds. The van der Waals surface area contributed by atoms with Crippen LogP contribution in [0.25, 0.3) is 0 Å². The lowest BCUT2D eigenvalue weighted by Gasteiger charge is -2.09. The Morgan fingerprint density at radius 1 is 0.895 bits per heavy atom. The van der Waals surface area contributed by atoms with Crippen molar-refractivity contribution in [1.29, 1.82) is 0 Å². The smallest absolute Gasteiger partial charge is 0.379 e. The molecule has 0 saturated carbocycles. The number of Topliss-reactive ketones (excluding diaryl/α,β-unsaturated/α-hetero) is 2. The fourth-order valence-electron chi connectivity index (χ4n) is 1.09. The summed E-state index contributed by atoms with van der Waals surface area (Å²) < 4.78 is 9.01. The van der Waals surface area contributed by atoms with Gasteiger partial charge in [-0.3, -0.25) is 9.59 Å². The number of carbonyl (C=O) groups is 4. The van der Waals surface area contributed by atoms with Crippen LogP contribution in [0.4, 0.5) is 0 Å². The van der Waals surface area contributed by atoms with Gasteiger partial charge < -0.3 is 14.4 Å². The highest BCUT2D eigenvalue weighted by molar-refractivity contribution is 6.56. The minimum absolute atomic E-state index is 0.00653. The van der Waals surface area contributed by atoms with Gasteiger partial charge in [0.15, 0.2) is 0 Å². The van der Waals surface area contributed by atoms with Gasteiger partial charge in [0, 0.05) is 20.3 Å². The summed E-state index contributed by atoms with van der Waals surface area (Å²) >= 11 is 0. The van der Waals surface area contributed by atoms with E-state index in [0.717, 1.165) is 6.20 Å². The Bertz CT molecular complexity index is 378. The Hall–Kier alpha value is -2.18. The van der Waals surface area contributed by atoms with Gasteiger partial charge in [-0.1, -0.05) is 0 Å². The molecule has 7 heteroatoms. The van der Waals surface area contributed by atoms with Gasteiger partial charge in [0.2, 0.25) is 0 Å². The standard InChI is InChI=1S/C12H17NO6/c1-5-18-11(16)9(14)8(7-13(3)4)10(15)12(17)19-6-2/h7H,5-6H2,1-4H3. The monoisotopic (exact) mass is 271 g/mol. The van der Waals surface area contributed by atoms with E-state index in [2.05, 4.69) is 9.47 Å². The number of carbonyl (C=O) groups excluding carboxylic acids is 4. The summed E-state index contributed by atoms with van der Waals surface area (Å²) in [5, 5.41) is 0. The molecule has 0 aliphatic rings. The van der Waals surface area contributed by atoms with E-state index in [0.29, 0.717) is 0 Å². The molecule has 0 rings (SSSR count). The Balaban J connectivity index is 5.24. The second-order valence-corrected chi connectivity index (χ2v) is 3.61. The number of ketones is 2. The second kappa shape index (κ2) is 8.02. The first-order chi connectivity index (χ1) is 8.84. The zero-order valence-electron chi connectivity index (χ0n) is 11.4. The van der Waals surface area contributed by atoms with Crippen molar-refractivity contribution in [3.63, 3.8) is 0 Å². The van der Waals surface area contributed by atoms with Gasteiger partial charge in [-0.25, -0.2) is 9.59 Å². The summed E-state index contributed by atoms with van der Waals surface area (Å²) in [7, 11) is 3.08. The lowest BCUT2D eigenvalue weighted by atomic mass is 10.1. The molecule has 0 aromatic carbocycles. The van der Waals surface area contributed by atoms with Crippen molar-refractivity contribution < 1.29 is 28.7 Å². The molecule has 0 atom stereocenters. The van der Waals surface area contributed by atoms with E-state index in [1.54, 1.807) is 0 Å². The summed E-state index contributed by atoms with van der Waals surface area (Å²) in [5.41, 5.74) is -0.582. The van der Waals surface area contributed by atoms with E-state index in [1.807, 2.05) is 0 Å². The van der Waals surface area contributed by atoms with Crippen LogP contribution in [0.15, 0.2) is 11.8 Å². The number of hydrogen-bond acceptors (Lipinski definition) is 7. The molecule has 0 saturated heterocycles. The Labute approximate surface area is 111 Å². The molecule has 0 N–H and O–H groups in total. The number of nitrogens with zero attached hydrogens (tertiary/aromatic N) is 1. The normalized spacial score (nSPS) is 9.26. The molecule has 0 unspecified atom stereocenters. The fraction of sp³-hybridized carbons (Fsp3) is 0.500. The number of ether oxygens (including phenoxy) is 2. The molecule has 0 aromatic heterocycles. The van der Waals surface area contributed by atoms with Gasteiger partial charge in [0.25, 0.3) is 11.6 Å². The van der Waals surface area contributed by atoms with Crippen LogP contribution in [0.1, 0.15) is 13.8 Å². The molecule has 7 nitrogen and oxygen atoms in total. The van der Waals surface area contributed by atoms with Crippen LogP contribution in [0.3, 0.4) is 0 Å². The third-order valence-corrected chi connectivity index (χ3v) is 1.80. The van der Waals surface area contributed by atoms with Crippen LogP contribution in [0.2, 0.25) is 0 Å². The molecule has 0 bridgehead atoms. The van der Waals surface area contributed by atoms with E-state index in [-0.39, 0.29) is 13.2 Å². The zero-order valence-corrected chi connectivity index (χ0v) is 11.4. The Morgan fingerprint density at radius 3 is 1.53 bits per heavy atom. The van der Waals surface area contributed by atoms with E-state index in [1.165, 1.54) is 32.8 Å². The number of rotatable bonds is 7. The van der Waals surface area contributed by atoms with Crippen molar-refractivity contribution in [1.82, 2.24) is 4.90 Å².